The first-order chi connectivity index (χ1) is 10.2. The fraction of sp³-hybridized carbons (Fsp3) is 0.235. The summed E-state index contributed by atoms with van der Waals surface area (Å²) < 4.78 is 18.4. The number of nitrogens with one attached hydrogen (secondary N) is 1. The van der Waals surface area contributed by atoms with E-state index in [1.807, 2.05) is 0 Å². The smallest absolute Gasteiger partial charge is 0.412 e. The highest BCUT2D eigenvalue weighted by molar-refractivity contribution is 5.90. The number of carbonyl (C=O) groups is 1. The lowest BCUT2D eigenvalue weighted by Gasteiger charge is -2.20. The molecule has 3 N–H and O–H groups in total. The van der Waals surface area contributed by atoms with E-state index in [0.29, 0.717) is 11.4 Å². The molecule has 0 aliphatic heterocycles. The van der Waals surface area contributed by atoms with Crippen LogP contribution in [0.3, 0.4) is 0 Å². The maximum Gasteiger partial charge on any atom is 0.412 e. The van der Waals surface area contributed by atoms with Gasteiger partial charge in [-0.1, -0.05) is 18.2 Å². The number of ether oxygens (including phenoxy) is 1. The molecule has 2 aromatic rings. The first kappa shape index (κ1) is 15.8. The molecule has 22 heavy (non-hydrogen) atoms. The maximum absolute atomic E-state index is 13.3. The molecule has 5 heteroatoms. The van der Waals surface area contributed by atoms with Crippen molar-refractivity contribution in [3.8, 4) is 11.1 Å². The van der Waals surface area contributed by atoms with Gasteiger partial charge < -0.3 is 10.5 Å². The highest BCUT2D eigenvalue weighted by atomic mass is 19.1. The molecule has 0 aliphatic rings. The number of anilines is 2. The van der Waals surface area contributed by atoms with Crippen LogP contribution in [0.5, 0.6) is 0 Å². The molecule has 0 aliphatic carbocycles. The summed E-state index contributed by atoms with van der Waals surface area (Å²) in [5.74, 6) is -0.313. The molecule has 0 fully saturated rings. The van der Waals surface area contributed by atoms with Crippen molar-refractivity contribution < 1.29 is 13.9 Å². The molecule has 116 valence electrons. The second-order valence-electron chi connectivity index (χ2n) is 5.94. The van der Waals surface area contributed by atoms with E-state index in [9.17, 15) is 9.18 Å². The zero-order valence-electron chi connectivity index (χ0n) is 12.8. The summed E-state index contributed by atoms with van der Waals surface area (Å²) in [6.07, 6.45) is -0.572. The number of nitrogens with two attached hydrogens (primary N) is 1. The topological polar surface area (TPSA) is 64.3 Å². The van der Waals surface area contributed by atoms with Gasteiger partial charge in [-0.25, -0.2) is 9.18 Å². The standard InChI is InChI=1S/C17H19FN2O2/c1-17(2,3)22-16(21)20-15-8-7-12(10-14(15)19)11-5-4-6-13(18)9-11/h4-10H,19H2,1-3H3,(H,20,21). The molecule has 0 spiro atoms. The Balaban J connectivity index is 2.18. The fourth-order valence-electron chi connectivity index (χ4n) is 1.94. The largest absolute Gasteiger partial charge is 0.444 e. The maximum atomic E-state index is 13.3. The fourth-order valence-corrected chi connectivity index (χ4v) is 1.94. The number of benzene rings is 2. The molecule has 0 saturated carbocycles. The van der Waals surface area contributed by atoms with Gasteiger partial charge in [0.1, 0.15) is 11.4 Å². The van der Waals surface area contributed by atoms with Gasteiger partial charge in [-0.15, -0.1) is 0 Å². The minimum atomic E-state index is -0.583. The quantitative estimate of drug-likeness (QED) is 0.807. The van der Waals surface area contributed by atoms with Gasteiger partial charge in [0.15, 0.2) is 0 Å². The van der Waals surface area contributed by atoms with Crippen molar-refractivity contribution in [3.63, 3.8) is 0 Å². The lowest BCUT2D eigenvalue weighted by Crippen LogP contribution is -2.27. The second kappa shape index (κ2) is 6.05. The first-order valence-electron chi connectivity index (χ1n) is 6.90. The summed E-state index contributed by atoms with van der Waals surface area (Å²) in [4.78, 5) is 11.7. The van der Waals surface area contributed by atoms with Gasteiger partial charge in [0, 0.05) is 0 Å². The van der Waals surface area contributed by atoms with Crippen LogP contribution in [-0.2, 0) is 4.74 Å². The van der Waals surface area contributed by atoms with Crippen LogP contribution in [0.2, 0.25) is 0 Å². The van der Waals surface area contributed by atoms with Crippen LogP contribution < -0.4 is 11.1 Å². The van der Waals surface area contributed by atoms with Gasteiger partial charge in [0.2, 0.25) is 0 Å². The summed E-state index contributed by atoms with van der Waals surface area (Å²) in [7, 11) is 0. The average molecular weight is 302 g/mol. The molecule has 0 radical (unpaired) electrons. The molecule has 0 aromatic heterocycles. The molecule has 2 aromatic carbocycles. The van der Waals surface area contributed by atoms with Crippen molar-refractivity contribution in [1.29, 1.82) is 0 Å². The molecule has 0 bridgehead atoms. The Morgan fingerprint density at radius 2 is 1.82 bits per heavy atom. The normalized spacial score (nSPS) is 11.1. The minimum Gasteiger partial charge on any atom is -0.444 e. The van der Waals surface area contributed by atoms with E-state index in [0.717, 1.165) is 11.1 Å². The number of rotatable bonds is 2. The Morgan fingerprint density at radius 3 is 2.41 bits per heavy atom. The Hall–Kier alpha value is -2.56. The van der Waals surface area contributed by atoms with E-state index in [-0.39, 0.29) is 5.82 Å². The number of halogens is 1. The highest BCUT2D eigenvalue weighted by Crippen LogP contribution is 2.27. The van der Waals surface area contributed by atoms with Gasteiger partial charge in [-0.05, 0) is 56.2 Å². The summed E-state index contributed by atoms with van der Waals surface area (Å²) in [6.45, 7) is 5.34. The lowest BCUT2D eigenvalue weighted by atomic mass is 10.0. The summed E-state index contributed by atoms with van der Waals surface area (Å²) in [5, 5.41) is 2.60. The molecule has 0 heterocycles. The lowest BCUT2D eigenvalue weighted by molar-refractivity contribution is 0.0636. The van der Waals surface area contributed by atoms with Crippen LogP contribution >= 0.6 is 0 Å². The van der Waals surface area contributed by atoms with Crippen molar-refractivity contribution in [2.24, 2.45) is 0 Å². The third kappa shape index (κ3) is 4.22. The zero-order valence-corrected chi connectivity index (χ0v) is 12.8. The van der Waals surface area contributed by atoms with E-state index < -0.39 is 11.7 Å². The van der Waals surface area contributed by atoms with E-state index in [2.05, 4.69) is 5.32 Å². The third-order valence-corrected chi connectivity index (χ3v) is 2.85. The van der Waals surface area contributed by atoms with Gasteiger partial charge in [-0.2, -0.15) is 0 Å². The Labute approximate surface area is 129 Å². The molecular weight excluding hydrogens is 283 g/mol. The summed E-state index contributed by atoms with van der Waals surface area (Å²) >= 11 is 0. The molecule has 2 rings (SSSR count). The van der Waals surface area contributed by atoms with Crippen LogP contribution in [0.4, 0.5) is 20.6 Å². The monoisotopic (exact) mass is 302 g/mol. The number of nitrogen functional groups attached to an aromatic ring is 1. The van der Waals surface area contributed by atoms with Crippen LogP contribution in [0.1, 0.15) is 20.8 Å². The van der Waals surface area contributed by atoms with Crippen molar-refractivity contribution in [2.75, 3.05) is 11.1 Å². The highest BCUT2D eigenvalue weighted by Gasteiger charge is 2.17. The van der Waals surface area contributed by atoms with Gasteiger partial charge in [-0.3, -0.25) is 5.32 Å². The van der Waals surface area contributed by atoms with Crippen molar-refractivity contribution >= 4 is 17.5 Å². The predicted molar refractivity (Wildman–Crippen MR) is 86.1 cm³/mol. The van der Waals surface area contributed by atoms with Crippen LogP contribution in [0.15, 0.2) is 42.5 Å². The Bertz CT molecular complexity index is 693. The number of hydrogen-bond acceptors (Lipinski definition) is 3. The number of amides is 1. The average Bonchev–Trinajstić information content (AvgIpc) is 2.39. The summed E-state index contributed by atoms with van der Waals surface area (Å²) in [5.41, 5.74) is 7.69. The predicted octanol–water partition coefficient (Wildman–Crippen LogP) is 4.42. The van der Waals surface area contributed by atoms with Gasteiger partial charge in [0.25, 0.3) is 0 Å². The number of carbonyl (C=O) groups excluding carboxylic acids is 1. The molecule has 0 atom stereocenters. The van der Waals surface area contributed by atoms with Gasteiger partial charge in [0.05, 0.1) is 11.4 Å². The molecular formula is C17H19FN2O2. The van der Waals surface area contributed by atoms with Crippen molar-refractivity contribution in [3.05, 3.63) is 48.3 Å². The van der Waals surface area contributed by atoms with E-state index in [1.165, 1.54) is 12.1 Å². The molecule has 0 saturated heterocycles. The van der Waals surface area contributed by atoms with Crippen LogP contribution in [0, 0.1) is 5.82 Å². The first-order valence-corrected chi connectivity index (χ1v) is 6.90. The number of hydrogen-bond donors (Lipinski definition) is 2. The minimum absolute atomic E-state index is 0.313. The van der Waals surface area contributed by atoms with E-state index in [1.54, 1.807) is 51.1 Å². The van der Waals surface area contributed by atoms with Gasteiger partial charge >= 0.3 is 6.09 Å². The molecule has 1 amide bonds. The third-order valence-electron chi connectivity index (χ3n) is 2.85. The molecule has 4 nitrogen and oxygen atoms in total. The SMILES string of the molecule is CC(C)(C)OC(=O)Nc1ccc(-c2cccc(F)c2)cc1N. The summed E-state index contributed by atoms with van der Waals surface area (Å²) in [6, 6.07) is 11.3. The van der Waals surface area contributed by atoms with Crippen LogP contribution in [0.25, 0.3) is 11.1 Å². The van der Waals surface area contributed by atoms with Crippen molar-refractivity contribution in [1.82, 2.24) is 0 Å². The second-order valence-corrected chi connectivity index (χ2v) is 5.94. The zero-order chi connectivity index (χ0) is 16.3. The molecule has 0 unspecified atom stereocenters. The Kier molecular flexibility index (Phi) is 4.35. The van der Waals surface area contributed by atoms with E-state index in [4.69, 9.17) is 10.5 Å². The van der Waals surface area contributed by atoms with Crippen LogP contribution in [-0.4, -0.2) is 11.7 Å². The van der Waals surface area contributed by atoms with E-state index >= 15 is 0 Å². The Morgan fingerprint density at radius 1 is 1.14 bits per heavy atom. The van der Waals surface area contributed by atoms with Crippen molar-refractivity contribution in [2.45, 2.75) is 26.4 Å².